The van der Waals surface area contributed by atoms with Crippen LogP contribution in [-0.2, 0) is 31.3 Å². The van der Waals surface area contributed by atoms with Gasteiger partial charge >= 0.3 is 0 Å². The summed E-state index contributed by atoms with van der Waals surface area (Å²) in [5.74, 6) is -0.680. The third kappa shape index (κ3) is 7.01. The topological polar surface area (TPSA) is 177 Å². The zero-order chi connectivity index (χ0) is 27.4. The lowest BCUT2D eigenvalue weighted by molar-refractivity contribution is -0.119. The van der Waals surface area contributed by atoms with E-state index >= 15 is 0 Å². The molecule has 0 radical (unpaired) electrons. The molecule has 0 saturated heterocycles. The van der Waals surface area contributed by atoms with Gasteiger partial charge in [0.25, 0.3) is 0 Å². The Kier molecular flexibility index (Phi) is 8.49. The number of carbonyl (C=O) groups excluding carboxylic acids is 1. The molecule has 1 atom stereocenters. The summed E-state index contributed by atoms with van der Waals surface area (Å²) in [5.41, 5.74) is 8.08. The molecular formula is C25H29N5O5S2. The Morgan fingerprint density at radius 2 is 1.65 bits per heavy atom. The first-order chi connectivity index (χ1) is 17.3. The van der Waals surface area contributed by atoms with E-state index in [2.05, 4.69) is 5.32 Å². The van der Waals surface area contributed by atoms with Crippen molar-refractivity contribution in [1.29, 1.82) is 5.41 Å². The van der Waals surface area contributed by atoms with Crippen molar-refractivity contribution in [3.8, 4) is 11.1 Å². The molecule has 3 aromatic carbocycles. The molecule has 1 amide bonds. The molecule has 12 heteroatoms. The fourth-order valence-electron chi connectivity index (χ4n) is 4.01. The third-order valence-electron chi connectivity index (χ3n) is 5.71. The Bertz CT molecular complexity index is 1520. The third-order valence-corrected chi connectivity index (χ3v) is 8.05. The van der Waals surface area contributed by atoms with Crippen molar-refractivity contribution in [2.45, 2.75) is 24.3 Å². The van der Waals surface area contributed by atoms with E-state index in [0.29, 0.717) is 27.9 Å². The number of sulfonamides is 2. The second-order valence-corrected chi connectivity index (χ2v) is 11.9. The van der Waals surface area contributed by atoms with E-state index in [-0.39, 0.29) is 23.7 Å². The summed E-state index contributed by atoms with van der Waals surface area (Å²) >= 11 is 0. The molecule has 0 aliphatic heterocycles. The van der Waals surface area contributed by atoms with Crippen molar-refractivity contribution >= 4 is 37.5 Å². The van der Waals surface area contributed by atoms with Gasteiger partial charge in [0, 0.05) is 23.4 Å². The second kappa shape index (κ2) is 11.2. The monoisotopic (exact) mass is 543 g/mol. The first-order valence-corrected chi connectivity index (χ1v) is 14.6. The van der Waals surface area contributed by atoms with Crippen LogP contribution in [0.5, 0.6) is 0 Å². The number of hydrogen-bond acceptors (Lipinski definition) is 6. The van der Waals surface area contributed by atoms with Gasteiger partial charge in [-0.15, -0.1) is 0 Å². The van der Waals surface area contributed by atoms with E-state index in [0.717, 1.165) is 10.6 Å². The minimum Gasteiger partial charge on any atom is -0.384 e. The number of rotatable bonds is 10. The average molecular weight is 544 g/mol. The molecule has 0 aliphatic carbocycles. The number of anilines is 1. The summed E-state index contributed by atoms with van der Waals surface area (Å²) in [6, 6.07) is 18.4. The molecule has 6 N–H and O–H groups in total. The van der Waals surface area contributed by atoms with E-state index in [4.69, 9.17) is 16.3 Å². The molecule has 196 valence electrons. The first kappa shape index (κ1) is 28.0. The van der Waals surface area contributed by atoms with E-state index in [1.54, 1.807) is 73.7 Å². The van der Waals surface area contributed by atoms with Crippen molar-refractivity contribution in [2.75, 3.05) is 18.1 Å². The minimum atomic E-state index is -3.94. The SMILES string of the molecule is CCN([C@@H](Cc1cccc(C(=N)N)c1)C(=O)Nc1ccc(-c2ccccc2S(N)(=O)=O)cc1)S(C)(=O)=O. The molecule has 0 spiro atoms. The van der Waals surface area contributed by atoms with Crippen LogP contribution in [0.1, 0.15) is 18.1 Å². The van der Waals surface area contributed by atoms with Gasteiger partial charge in [0.1, 0.15) is 11.9 Å². The number of primary sulfonamides is 1. The molecule has 0 aromatic heterocycles. The zero-order valence-electron chi connectivity index (χ0n) is 20.4. The maximum atomic E-state index is 13.3. The minimum absolute atomic E-state index is 0.0219. The summed E-state index contributed by atoms with van der Waals surface area (Å²) < 4.78 is 49.9. The highest BCUT2D eigenvalue weighted by Crippen LogP contribution is 2.28. The van der Waals surface area contributed by atoms with Gasteiger partial charge in [-0.25, -0.2) is 22.0 Å². The second-order valence-electron chi connectivity index (χ2n) is 8.41. The number of amides is 1. The number of nitrogens with two attached hydrogens (primary N) is 2. The highest BCUT2D eigenvalue weighted by Gasteiger charge is 2.31. The van der Waals surface area contributed by atoms with Gasteiger partial charge in [0.2, 0.25) is 26.0 Å². The van der Waals surface area contributed by atoms with Crippen molar-refractivity contribution in [2.24, 2.45) is 10.9 Å². The molecule has 3 aromatic rings. The molecule has 0 aliphatic rings. The molecule has 10 nitrogen and oxygen atoms in total. The molecule has 37 heavy (non-hydrogen) atoms. The molecule has 0 fully saturated rings. The van der Waals surface area contributed by atoms with Gasteiger partial charge in [0.15, 0.2) is 0 Å². The van der Waals surface area contributed by atoms with Crippen LogP contribution in [0, 0.1) is 5.41 Å². The van der Waals surface area contributed by atoms with Crippen LogP contribution < -0.4 is 16.2 Å². The molecule has 0 heterocycles. The van der Waals surface area contributed by atoms with Crippen molar-refractivity contribution in [3.05, 3.63) is 83.9 Å². The highest BCUT2D eigenvalue weighted by molar-refractivity contribution is 7.89. The number of amidine groups is 1. The lowest BCUT2D eigenvalue weighted by Gasteiger charge is -2.28. The number of nitrogens with zero attached hydrogens (tertiary/aromatic N) is 1. The standard InChI is InChI=1S/C25H29N5O5S2/c1-3-30(36(2,32)33)22(16-17-7-6-8-19(15-17)24(26)27)25(31)29-20-13-11-18(12-14-20)21-9-4-5-10-23(21)37(28,34)35/h4-15,22H,3,16H2,1-2H3,(H3,26,27)(H,29,31)(H2,28,34,35)/t22-/m0/s1. The smallest absolute Gasteiger partial charge is 0.243 e. The summed E-state index contributed by atoms with van der Waals surface area (Å²) in [6.45, 7) is 1.72. The van der Waals surface area contributed by atoms with E-state index in [1.807, 2.05) is 0 Å². The highest BCUT2D eigenvalue weighted by atomic mass is 32.2. The van der Waals surface area contributed by atoms with Crippen LogP contribution in [0.4, 0.5) is 5.69 Å². The average Bonchev–Trinajstić information content (AvgIpc) is 2.83. The van der Waals surface area contributed by atoms with Crippen molar-refractivity contribution < 1.29 is 21.6 Å². The quantitative estimate of drug-likeness (QED) is 0.225. The maximum Gasteiger partial charge on any atom is 0.243 e. The van der Waals surface area contributed by atoms with Gasteiger partial charge in [0.05, 0.1) is 11.2 Å². The van der Waals surface area contributed by atoms with E-state index in [1.165, 1.54) is 6.07 Å². The van der Waals surface area contributed by atoms with Gasteiger partial charge in [-0.2, -0.15) is 4.31 Å². The molecular weight excluding hydrogens is 514 g/mol. The number of nitrogens with one attached hydrogen (secondary N) is 2. The molecule has 3 rings (SSSR count). The maximum absolute atomic E-state index is 13.3. The van der Waals surface area contributed by atoms with Crippen LogP contribution in [-0.4, -0.2) is 51.7 Å². The number of benzene rings is 3. The Hall–Kier alpha value is -3.58. The van der Waals surface area contributed by atoms with Crippen LogP contribution in [0.25, 0.3) is 11.1 Å². The largest absolute Gasteiger partial charge is 0.384 e. The van der Waals surface area contributed by atoms with Crippen LogP contribution in [0.15, 0.2) is 77.7 Å². The summed E-state index contributed by atoms with van der Waals surface area (Å²) in [6.07, 6.45) is 1.11. The number of hydrogen-bond donors (Lipinski definition) is 4. The Labute approximate surface area is 216 Å². The predicted octanol–water partition coefficient (Wildman–Crippen LogP) is 2.12. The van der Waals surface area contributed by atoms with Crippen LogP contribution in [0.2, 0.25) is 0 Å². The normalized spacial score (nSPS) is 12.8. The van der Waals surface area contributed by atoms with E-state index < -0.39 is 32.0 Å². The lowest BCUT2D eigenvalue weighted by Crippen LogP contribution is -2.48. The fourth-order valence-corrected chi connectivity index (χ4v) is 5.87. The van der Waals surface area contributed by atoms with Crippen LogP contribution in [0.3, 0.4) is 0 Å². The van der Waals surface area contributed by atoms with Gasteiger partial charge in [-0.05, 0) is 41.8 Å². The number of nitrogen functional groups attached to an aromatic ring is 1. The molecule has 0 saturated carbocycles. The predicted molar refractivity (Wildman–Crippen MR) is 144 cm³/mol. The van der Waals surface area contributed by atoms with Gasteiger partial charge in [-0.1, -0.05) is 55.5 Å². The molecule has 0 bridgehead atoms. The number of likely N-dealkylation sites (N-methyl/N-ethyl adjacent to an activating group) is 1. The van der Waals surface area contributed by atoms with E-state index in [9.17, 15) is 21.6 Å². The number of carbonyl (C=O) groups is 1. The first-order valence-electron chi connectivity index (χ1n) is 11.2. The van der Waals surface area contributed by atoms with Crippen molar-refractivity contribution in [3.63, 3.8) is 0 Å². The summed E-state index contributed by atoms with van der Waals surface area (Å²) in [7, 11) is -7.66. The van der Waals surface area contributed by atoms with Gasteiger partial charge < -0.3 is 11.1 Å². The lowest BCUT2D eigenvalue weighted by atomic mass is 10.0. The zero-order valence-corrected chi connectivity index (χ0v) is 22.0. The summed E-state index contributed by atoms with van der Waals surface area (Å²) in [5, 5.41) is 15.7. The van der Waals surface area contributed by atoms with Crippen molar-refractivity contribution in [1.82, 2.24) is 4.31 Å². The molecule has 0 unspecified atom stereocenters. The fraction of sp³-hybridized carbons (Fsp3) is 0.200. The van der Waals surface area contributed by atoms with Crippen LogP contribution >= 0.6 is 0 Å². The Balaban J connectivity index is 1.91. The van der Waals surface area contributed by atoms with Gasteiger partial charge in [-0.3, -0.25) is 10.2 Å². The Morgan fingerprint density at radius 1 is 1.00 bits per heavy atom. The Morgan fingerprint density at radius 3 is 2.22 bits per heavy atom. The summed E-state index contributed by atoms with van der Waals surface area (Å²) in [4.78, 5) is 13.3.